The number of carbonyl (C=O) groups is 2. The molecule has 1 aliphatic rings. The van der Waals surface area contributed by atoms with Crippen LogP contribution in [-0.4, -0.2) is 29.1 Å². The van der Waals surface area contributed by atoms with E-state index in [1.54, 1.807) is 6.20 Å². The molecule has 3 atom stereocenters. The quantitative estimate of drug-likeness (QED) is 0.604. The van der Waals surface area contributed by atoms with Gasteiger partial charge in [0.15, 0.2) is 0 Å². The molecule has 2 rings (SSSR count). The minimum absolute atomic E-state index is 0. The molecule has 1 N–H and O–H groups in total. The molecular weight excluding hydrogens is 307 g/mol. The SMILES string of the molecule is Cc1cccnc1C(NC(=O)C1CCC(C(=O)[O-])O1)C(C)C.[Na+]. The molecular formula is C16H21N2NaO4. The molecule has 1 aromatic heterocycles. The first-order valence-electron chi connectivity index (χ1n) is 7.48. The Morgan fingerprint density at radius 2 is 2.00 bits per heavy atom. The number of amides is 1. The van der Waals surface area contributed by atoms with Crippen LogP contribution in [0.4, 0.5) is 0 Å². The van der Waals surface area contributed by atoms with Gasteiger partial charge in [0.05, 0.1) is 23.8 Å². The first kappa shape index (κ1) is 20.1. The van der Waals surface area contributed by atoms with Crippen molar-refractivity contribution in [1.82, 2.24) is 10.3 Å². The topological polar surface area (TPSA) is 91.4 Å². The normalized spacial score (nSPS) is 21.6. The predicted octanol–water partition coefficient (Wildman–Crippen LogP) is -2.50. The van der Waals surface area contributed by atoms with Crippen LogP contribution in [0.2, 0.25) is 0 Å². The number of aromatic nitrogens is 1. The van der Waals surface area contributed by atoms with Crippen molar-refractivity contribution in [2.45, 2.75) is 51.9 Å². The van der Waals surface area contributed by atoms with Gasteiger partial charge in [-0.25, -0.2) is 0 Å². The summed E-state index contributed by atoms with van der Waals surface area (Å²) in [5.41, 5.74) is 1.82. The minimum Gasteiger partial charge on any atom is -0.547 e. The standard InChI is InChI=1S/C16H22N2O4.Na/c1-9(2)13(14-10(3)5-4-8-17-14)18-15(19)11-6-7-12(22-11)16(20)21;/h4-5,8-9,11-13H,6-7H2,1-3H3,(H,18,19)(H,20,21);/q;+1/p-1. The van der Waals surface area contributed by atoms with Gasteiger partial charge in [-0.2, -0.15) is 0 Å². The zero-order valence-corrected chi connectivity index (χ0v) is 16.0. The zero-order valence-electron chi connectivity index (χ0n) is 14.0. The van der Waals surface area contributed by atoms with Crippen molar-refractivity contribution in [3.8, 4) is 0 Å². The van der Waals surface area contributed by atoms with E-state index in [9.17, 15) is 14.7 Å². The first-order chi connectivity index (χ1) is 10.4. The van der Waals surface area contributed by atoms with Crippen molar-refractivity contribution < 1.29 is 49.0 Å². The number of nitrogens with one attached hydrogen (secondary N) is 1. The van der Waals surface area contributed by atoms with Crippen LogP contribution < -0.4 is 40.0 Å². The molecule has 0 spiro atoms. The van der Waals surface area contributed by atoms with E-state index < -0.39 is 18.2 Å². The number of hydrogen-bond acceptors (Lipinski definition) is 5. The number of aliphatic carboxylic acids is 1. The van der Waals surface area contributed by atoms with Crippen molar-refractivity contribution in [2.24, 2.45) is 5.92 Å². The molecule has 0 aromatic carbocycles. The number of rotatable bonds is 5. The van der Waals surface area contributed by atoms with Crippen molar-refractivity contribution in [3.05, 3.63) is 29.6 Å². The van der Waals surface area contributed by atoms with Crippen LogP contribution in [0.25, 0.3) is 0 Å². The Labute approximate surface area is 158 Å². The minimum atomic E-state index is -1.27. The van der Waals surface area contributed by atoms with Crippen LogP contribution in [0.1, 0.15) is 44.0 Å². The van der Waals surface area contributed by atoms with Crippen LogP contribution in [0.15, 0.2) is 18.3 Å². The summed E-state index contributed by atoms with van der Waals surface area (Å²) in [6, 6.07) is 3.56. The predicted molar refractivity (Wildman–Crippen MR) is 77.6 cm³/mol. The van der Waals surface area contributed by atoms with Crippen molar-refractivity contribution in [3.63, 3.8) is 0 Å². The average molecular weight is 328 g/mol. The third-order valence-electron chi connectivity index (χ3n) is 3.88. The van der Waals surface area contributed by atoms with E-state index in [0.717, 1.165) is 11.3 Å². The van der Waals surface area contributed by atoms with Gasteiger partial charge in [-0.3, -0.25) is 9.78 Å². The average Bonchev–Trinajstić information content (AvgIpc) is 2.95. The molecule has 7 heteroatoms. The van der Waals surface area contributed by atoms with Crippen molar-refractivity contribution >= 4 is 11.9 Å². The van der Waals surface area contributed by atoms with Gasteiger partial charge < -0.3 is 20.0 Å². The maximum Gasteiger partial charge on any atom is 1.00 e. The van der Waals surface area contributed by atoms with E-state index in [-0.39, 0.29) is 47.4 Å². The Bertz CT molecular complexity index is 565. The maximum atomic E-state index is 12.3. The Morgan fingerprint density at radius 1 is 1.35 bits per heavy atom. The molecule has 2 heterocycles. The van der Waals surface area contributed by atoms with E-state index in [2.05, 4.69) is 10.3 Å². The van der Waals surface area contributed by atoms with Gasteiger partial charge in [-0.05, 0) is 37.3 Å². The largest absolute Gasteiger partial charge is 1.00 e. The second kappa shape index (κ2) is 8.78. The third-order valence-corrected chi connectivity index (χ3v) is 3.88. The summed E-state index contributed by atoms with van der Waals surface area (Å²) >= 11 is 0. The third kappa shape index (κ3) is 5.01. The van der Waals surface area contributed by atoms with Gasteiger partial charge in [-0.15, -0.1) is 0 Å². The van der Waals surface area contributed by atoms with Gasteiger partial charge in [0.1, 0.15) is 6.10 Å². The molecule has 1 aromatic rings. The molecule has 0 saturated carbocycles. The second-order valence-corrected chi connectivity index (χ2v) is 5.95. The van der Waals surface area contributed by atoms with Crippen LogP contribution >= 0.6 is 0 Å². The van der Waals surface area contributed by atoms with E-state index >= 15 is 0 Å². The summed E-state index contributed by atoms with van der Waals surface area (Å²) < 4.78 is 5.24. The number of carboxylic acids is 1. The summed E-state index contributed by atoms with van der Waals surface area (Å²) in [5.74, 6) is -1.42. The second-order valence-electron chi connectivity index (χ2n) is 5.95. The molecule has 0 bridgehead atoms. The monoisotopic (exact) mass is 328 g/mol. The van der Waals surface area contributed by atoms with Crippen LogP contribution in [0, 0.1) is 12.8 Å². The molecule has 6 nitrogen and oxygen atoms in total. The number of pyridine rings is 1. The smallest absolute Gasteiger partial charge is 0.547 e. The molecule has 1 fully saturated rings. The first-order valence-corrected chi connectivity index (χ1v) is 7.48. The molecule has 1 amide bonds. The van der Waals surface area contributed by atoms with Gasteiger partial charge in [0, 0.05) is 6.20 Å². The summed E-state index contributed by atoms with van der Waals surface area (Å²) in [7, 11) is 0. The van der Waals surface area contributed by atoms with E-state index in [4.69, 9.17) is 4.74 Å². The molecule has 3 unspecified atom stereocenters. The van der Waals surface area contributed by atoms with Gasteiger partial charge in [0.2, 0.25) is 5.91 Å². The van der Waals surface area contributed by atoms with Crippen LogP contribution in [0.5, 0.6) is 0 Å². The number of ether oxygens (including phenoxy) is 1. The van der Waals surface area contributed by atoms with Crippen molar-refractivity contribution in [1.29, 1.82) is 0 Å². The Morgan fingerprint density at radius 3 is 2.52 bits per heavy atom. The molecule has 1 aliphatic heterocycles. The number of carbonyl (C=O) groups excluding carboxylic acids is 2. The summed E-state index contributed by atoms with van der Waals surface area (Å²) in [4.78, 5) is 27.5. The summed E-state index contributed by atoms with van der Waals surface area (Å²) in [6.07, 6.45) is 0.645. The van der Waals surface area contributed by atoms with E-state index in [1.165, 1.54) is 0 Å². The Kier molecular flexibility index (Phi) is 7.67. The van der Waals surface area contributed by atoms with Crippen LogP contribution in [0.3, 0.4) is 0 Å². The van der Waals surface area contributed by atoms with E-state index in [1.807, 2.05) is 32.9 Å². The number of hydrogen-bond donors (Lipinski definition) is 1. The molecule has 1 saturated heterocycles. The molecule has 23 heavy (non-hydrogen) atoms. The number of nitrogens with zero attached hydrogens (tertiary/aromatic N) is 1. The molecule has 0 aliphatic carbocycles. The maximum absolute atomic E-state index is 12.3. The van der Waals surface area contributed by atoms with Crippen LogP contribution in [-0.2, 0) is 14.3 Å². The van der Waals surface area contributed by atoms with Gasteiger partial charge >= 0.3 is 29.6 Å². The fraction of sp³-hybridized carbons (Fsp3) is 0.562. The summed E-state index contributed by atoms with van der Waals surface area (Å²) in [5, 5.41) is 13.7. The fourth-order valence-electron chi connectivity index (χ4n) is 2.62. The molecule has 0 radical (unpaired) electrons. The molecule has 120 valence electrons. The zero-order chi connectivity index (χ0) is 16.3. The number of carboxylic acid groups (broad SMARTS) is 1. The fourth-order valence-corrected chi connectivity index (χ4v) is 2.62. The van der Waals surface area contributed by atoms with Gasteiger partial charge in [0.25, 0.3) is 0 Å². The van der Waals surface area contributed by atoms with Gasteiger partial charge in [-0.1, -0.05) is 19.9 Å². The Hall–Kier alpha value is -0.950. The number of aryl methyl sites for hydroxylation is 1. The Balaban J connectivity index is 0.00000264. The van der Waals surface area contributed by atoms with Crippen molar-refractivity contribution in [2.75, 3.05) is 0 Å². The summed E-state index contributed by atoms with van der Waals surface area (Å²) in [6.45, 7) is 5.94. The van der Waals surface area contributed by atoms with E-state index in [0.29, 0.717) is 12.8 Å².